The van der Waals surface area contributed by atoms with Crippen LogP contribution >= 0.6 is 0 Å². The van der Waals surface area contributed by atoms with Crippen molar-refractivity contribution >= 4 is 47.5 Å². The van der Waals surface area contributed by atoms with Gasteiger partial charge in [0.25, 0.3) is 5.97 Å². The number of ether oxygens (including phenoxy) is 1. The fraction of sp³-hybridized carbons (Fsp3) is 0.500. The molecule has 0 aromatic carbocycles. The van der Waals surface area contributed by atoms with Crippen molar-refractivity contribution in [1.82, 2.24) is 0 Å². The molecule has 0 radical (unpaired) electrons. The summed E-state index contributed by atoms with van der Waals surface area (Å²) >= 11 is 0. The van der Waals surface area contributed by atoms with Crippen LogP contribution in [0.3, 0.4) is 0 Å². The molecule has 0 aliphatic carbocycles. The second kappa shape index (κ2) is 11.4. The van der Waals surface area contributed by atoms with Gasteiger partial charge < -0.3 is 14.9 Å². The number of carboxylic acids is 2. The Labute approximate surface area is 97.2 Å². The summed E-state index contributed by atoms with van der Waals surface area (Å²) in [5.74, 6) is -3.58. The summed E-state index contributed by atoms with van der Waals surface area (Å²) in [6, 6.07) is 0. The Morgan fingerprint density at radius 2 is 1.54 bits per heavy atom. The van der Waals surface area contributed by atoms with E-state index in [1.807, 2.05) is 0 Å². The third kappa shape index (κ3) is 24.6. The monoisotopic (exact) mass is 202 g/mol. The average Bonchev–Trinajstić information content (AvgIpc) is 1.86. The van der Waals surface area contributed by atoms with Gasteiger partial charge in [-0.2, -0.15) is 0 Å². The molecular formula is C6H11NaO6. The van der Waals surface area contributed by atoms with Gasteiger partial charge >= 0.3 is 41.5 Å². The molecule has 0 rings (SSSR count). The summed E-state index contributed by atoms with van der Waals surface area (Å²) in [5, 5.41) is 15.3. The molecule has 0 aliphatic rings. The molecule has 0 atom stereocenters. The van der Waals surface area contributed by atoms with Gasteiger partial charge in [0.1, 0.15) is 0 Å². The van der Waals surface area contributed by atoms with E-state index in [9.17, 15) is 9.59 Å². The van der Waals surface area contributed by atoms with Crippen molar-refractivity contribution in [2.75, 3.05) is 6.61 Å². The molecule has 13 heavy (non-hydrogen) atoms. The van der Waals surface area contributed by atoms with Crippen LogP contribution in [0, 0.1) is 0 Å². The first-order chi connectivity index (χ1) is 5.41. The Balaban J connectivity index is -0.000000173. The number of carboxylic acid groups (broad SMARTS) is 2. The summed E-state index contributed by atoms with van der Waals surface area (Å²) in [5.41, 5.74) is 0. The van der Waals surface area contributed by atoms with E-state index in [-0.39, 0.29) is 36.2 Å². The Bertz CT molecular complexity index is 174. The van der Waals surface area contributed by atoms with E-state index in [1.54, 1.807) is 6.92 Å². The van der Waals surface area contributed by atoms with E-state index >= 15 is 0 Å². The number of hydrogen-bond donors (Lipinski definition) is 2. The molecule has 0 saturated carbocycles. The summed E-state index contributed by atoms with van der Waals surface area (Å²) < 4.78 is 4.06. The first-order valence-corrected chi connectivity index (χ1v) is 3.01. The molecule has 72 valence electrons. The van der Waals surface area contributed by atoms with Gasteiger partial charge in [-0.15, -0.1) is 0 Å². The van der Waals surface area contributed by atoms with Crippen LogP contribution in [0.5, 0.6) is 0 Å². The predicted molar refractivity (Wildman–Crippen MR) is 44.7 cm³/mol. The van der Waals surface area contributed by atoms with Crippen molar-refractivity contribution < 1.29 is 29.3 Å². The molecule has 0 saturated heterocycles. The van der Waals surface area contributed by atoms with Crippen LogP contribution in [0.1, 0.15) is 13.8 Å². The third-order valence-electron chi connectivity index (χ3n) is 0.450. The van der Waals surface area contributed by atoms with Gasteiger partial charge in [-0.05, 0) is 6.92 Å². The van der Waals surface area contributed by atoms with Gasteiger partial charge in [0.15, 0.2) is 0 Å². The molecule has 0 bridgehead atoms. The standard InChI is InChI=1S/C4H6O4.C2H4O2.Na.H/c1-2-8-4(7)3(5)6;1-2(3)4;;/h2H2,1H3,(H,5,6);1H3,(H,3,4);;. The fourth-order valence-electron chi connectivity index (χ4n) is 0.193. The summed E-state index contributed by atoms with van der Waals surface area (Å²) in [7, 11) is 0. The predicted octanol–water partition coefficient (Wildman–Crippen LogP) is -0.923. The number of carbonyl (C=O) groups excluding carboxylic acids is 1. The van der Waals surface area contributed by atoms with Crippen LogP contribution in [0.25, 0.3) is 0 Å². The first-order valence-electron chi connectivity index (χ1n) is 3.01. The molecule has 0 aliphatic heterocycles. The average molecular weight is 202 g/mol. The van der Waals surface area contributed by atoms with Crippen molar-refractivity contribution in [3.05, 3.63) is 0 Å². The normalized spacial score (nSPS) is 6.92. The van der Waals surface area contributed by atoms with Crippen LogP contribution in [-0.4, -0.2) is 64.3 Å². The second-order valence-corrected chi connectivity index (χ2v) is 1.54. The van der Waals surface area contributed by atoms with E-state index in [1.165, 1.54) is 0 Å². The summed E-state index contributed by atoms with van der Waals surface area (Å²) in [6.45, 7) is 2.73. The van der Waals surface area contributed by atoms with Gasteiger partial charge in [0.2, 0.25) is 0 Å². The van der Waals surface area contributed by atoms with Gasteiger partial charge in [-0.3, -0.25) is 4.79 Å². The van der Waals surface area contributed by atoms with Gasteiger partial charge in [-0.25, -0.2) is 9.59 Å². The number of rotatable bonds is 1. The Morgan fingerprint density at radius 1 is 1.23 bits per heavy atom. The summed E-state index contributed by atoms with van der Waals surface area (Å²) in [4.78, 5) is 28.5. The zero-order valence-corrected chi connectivity index (χ0v) is 6.73. The van der Waals surface area contributed by atoms with Crippen LogP contribution in [-0.2, 0) is 19.1 Å². The zero-order valence-electron chi connectivity index (χ0n) is 6.73. The molecule has 0 spiro atoms. The Hall–Kier alpha value is -0.590. The minimum atomic E-state index is -1.55. The van der Waals surface area contributed by atoms with Crippen LogP contribution < -0.4 is 0 Å². The Kier molecular flexibility index (Phi) is 16.0. The maximum absolute atomic E-state index is 9.92. The van der Waals surface area contributed by atoms with Crippen LogP contribution in [0.15, 0.2) is 0 Å². The third-order valence-corrected chi connectivity index (χ3v) is 0.450. The Morgan fingerprint density at radius 3 is 1.62 bits per heavy atom. The zero-order chi connectivity index (χ0) is 10.1. The number of aliphatic carboxylic acids is 2. The molecule has 0 amide bonds. The van der Waals surface area contributed by atoms with Crippen molar-refractivity contribution in [2.45, 2.75) is 13.8 Å². The van der Waals surface area contributed by atoms with E-state index < -0.39 is 17.9 Å². The van der Waals surface area contributed by atoms with E-state index in [0.717, 1.165) is 6.92 Å². The molecule has 0 aromatic heterocycles. The maximum atomic E-state index is 9.92. The van der Waals surface area contributed by atoms with E-state index in [4.69, 9.17) is 15.0 Å². The molecule has 0 heterocycles. The molecule has 0 fully saturated rings. The SMILES string of the molecule is CC(=O)O.CCOC(=O)C(=O)O.[NaH]. The van der Waals surface area contributed by atoms with Gasteiger partial charge in [0.05, 0.1) is 6.61 Å². The van der Waals surface area contributed by atoms with Gasteiger partial charge in [-0.1, -0.05) is 0 Å². The quantitative estimate of drug-likeness (QED) is 0.324. The molecule has 0 aromatic rings. The number of esters is 1. The topological polar surface area (TPSA) is 101 Å². The molecule has 6 nitrogen and oxygen atoms in total. The molecule has 2 N–H and O–H groups in total. The fourth-order valence-corrected chi connectivity index (χ4v) is 0.193. The molecule has 0 unspecified atom stereocenters. The second-order valence-electron chi connectivity index (χ2n) is 1.54. The van der Waals surface area contributed by atoms with Crippen molar-refractivity contribution in [2.24, 2.45) is 0 Å². The van der Waals surface area contributed by atoms with Crippen LogP contribution in [0.2, 0.25) is 0 Å². The first kappa shape index (κ1) is 18.2. The van der Waals surface area contributed by atoms with Crippen LogP contribution in [0.4, 0.5) is 0 Å². The van der Waals surface area contributed by atoms with E-state index in [2.05, 4.69) is 4.74 Å². The number of hydrogen-bond acceptors (Lipinski definition) is 4. The minimum absolute atomic E-state index is 0. The summed E-state index contributed by atoms with van der Waals surface area (Å²) in [6.07, 6.45) is 0. The van der Waals surface area contributed by atoms with Crippen molar-refractivity contribution in [3.8, 4) is 0 Å². The van der Waals surface area contributed by atoms with Crippen molar-refractivity contribution in [1.29, 1.82) is 0 Å². The molecule has 7 heteroatoms. The van der Waals surface area contributed by atoms with Gasteiger partial charge in [0, 0.05) is 6.92 Å². The number of carbonyl (C=O) groups is 3. The molecular weight excluding hydrogens is 191 g/mol. The van der Waals surface area contributed by atoms with Crippen molar-refractivity contribution in [3.63, 3.8) is 0 Å². The van der Waals surface area contributed by atoms with E-state index in [0.29, 0.717) is 0 Å².